The minimum absolute atomic E-state index is 0.269. The summed E-state index contributed by atoms with van der Waals surface area (Å²) in [7, 11) is -3.62. The summed E-state index contributed by atoms with van der Waals surface area (Å²) in [4.78, 5) is 5.87. The number of aryl methyl sites for hydroxylation is 2. The number of rotatable bonds is 8. The van der Waals surface area contributed by atoms with Crippen molar-refractivity contribution < 1.29 is 12.8 Å². The molecule has 0 saturated carbocycles. The zero-order valence-electron chi connectivity index (χ0n) is 20.3. The third kappa shape index (κ3) is 5.10. The van der Waals surface area contributed by atoms with Gasteiger partial charge in [0.05, 0.1) is 0 Å². The van der Waals surface area contributed by atoms with E-state index in [1.807, 2.05) is 18.2 Å². The molecule has 3 heterocycles. The Morgan fingerprint density at radius 3 is 2.75 bits per heavy atom. The molecule has 0 unspecified atom stereocenters. The van der Waals surface area contributed by atoms with E-state index in [1.165, 1.54) is 45.7 Å². The van der Waals surface area contributed by atoms with Crippen molar-refractivity contribution in [3.05, 3.63) is 70.1 Å². The van der Waals surface area contributed by atoms with Gasteiger partial charge in [-0.1, -0.05) is 17.7 Å². The molecule has 0 fully saturated rings. The van der Waals surface area contributed by atoms with E-state index in [4.69, 9.17) is 11.6 Å². The number of hydrogen-bond acceptors (Lipinski definition) is 4. The maximum absolute atomic E-state index is 13.6. The van der Waals surface area contributed by atoms with Crippen LogP contribution >= 0.6 is 22.9 Å². The molecule has 36 heavy (non-hydrogen) atoms. The summed E-state index contributed by atoms with van der Waals surface area (Å²) in [5.74, 6) is -0.360. The van der Waals surface area contributed by atoms with Crippen LogP contribution in [0.5, 0.6) is 0 Å². The lowest BCUT2D eigenvalue weighted by Gasteiger charge is -2.26. The standard InChI is InChI=1S/C27H29ClFN3O2S2/c1-17-22-16-21(29)6-8-25(22)35-27(17)36(33,34)30-11-3-4-12-32-13-9-19(10-14-32)26-18(2)31-24-7-5-20(28)15-23(24)26/h5-9,15-16,30-31H,3-4,10-14H2,1-2H3. The van der Waals surface area contributed by atoms with Crippen LogP contribution in [0.15, 0.2) is 46.7 Å². The molecular weight excluding hydrogens is 517 g/mol. The summed E-state index contributed by atoms with van der Waals surface area (Å²) in [5.41, 5.74) is 5.49. The Hall–Kier alpha value is -2.23. The molecule has 0 amide bonds. The van der Waals surface area contributed by atoms with Crippen molar-refractivity contribution in [3.63, 3.8) is 0 Å². The van der Waals surface area contributed by atoms with Gasteiger partial charge in [-0.15, -0.1) is 11.3 Å². The Kier molecular flexibility index (Phi) is 7.25. The molecular formula is C27H29ClFN3O2S2. The van der Waals surface area contributed by atoms with Gasteiger partial charge >= 0.3 is 0 Å². The van der Waals surface area contributed by atoms with Gasteiger partial charge < -0.3 is 4.98 Å². The fourth-order valence-corrected chi connectivity index (χ4v) is 8.05. The van der Waals surface area contributed by atoms with Gasteiger partial charge in [-0.05, 0) is 92.6 Å². The minimum atomic E-state index is -3.62. The number of fused-ring (bicyclic) bond motifs is 2. The fraction of sp³-hybridized carbons (Fsp3) is 0.333. The molecule has 0 atom stereocenters. The summed E-state index contributed by atoms with van der Waals surface area (Å²) in [5, 5.41) is 2.57. The van der Waals surface area contributed by atoms with Crippen LogP contribution in [0, 0.1) is 19.7 Å². The van der Waals surface area contributed by atoms with Crippen LogP contribution in [0.4, 0.5) is 4.39 Å². The number of unbranched alkanes of at least 4 members (excludes halogenated alkanes) is 1. The zero-order chi connectivity index (χ0) is 25.4. The van der Waals surface area contributed by atoms with E-state index in [-0.39, 0.29) is 10.0 Å². The number of halogens is 2. The van der Waals surface area contributed by atoms with Gasteiger partial charge in [-0.3, -0.25) is 4.90 Å². The van der Waals surface area contributed by atoms with E-state index in [9.17, 15) is 12.8 Å². The quantitative estimate of drug-likeness (QED) is 0.244. The second-order valence-corrected chi connectivity index (χ2v) is 12.8. The summed E-state index contributed by atoms with van der Waals surface area (Å²) in [6, 6.07) is 10.4. The first-order chi connectivity index (χ1) is 17.2. The third-order valence-electron chi connectivity index (χ3n) is 6.85. The van der Waals surface area contributed by atoms with Gasteiger partial charge in [0.1, 0.15) is 10.0 Å². The van der Waals surface area contributed by atoms with Gasteiger partial charge in [0.25, 0.3) is 0 Å². The molecule has 4 aromatic rings. The topological polar surface area (TPSA) is 65.2 Å². The molecule has 5 rings (SSSR count). The maximum Gasteiger partial charge on any atom is 0.250 e. The van der Waals surface area contributed by atoms with Crippen LogP contribution < -0.4 is 4.72 Å². The molecule has 5 nitrogen and oxygen atoms in total. The van der Waals surface area contributed by atoms with E-state index in [0.717, 1.165) is 54.1 Å². The second kappa shape index (κ2) is 10.3. The Morgan fingerprint density at radius 2 is 1.97 bits per heavy atom. The predicted molar refractivity (Wildman–Crippen MR) is 148 cm³/mol. The highest BCUT2D eigenvalue weighted by molar-refractivity contribution is 7.91. The molecule has 1 aliphatic heterocycles. The number of benzene rings is 2. The number of H-pyrrole nitrogens is 1. The molecule has 0 spiro atoms. The predicted octanol–water partition coefficient (Wildman–Crippen LogP) is 6.64. The first-order valence-electron chi connectivity index (χ1n) is 12.1. The van der Waals surface area contributed by atoms with E-state index < -0.39 is 10.0 Å². The lowest BCUT2D eigenvalue weighted by molar-refractivity contribution is 0.295. The Labute approximate surface area is 220 Å². The van der Waals surface area contributed by atoms with Crippen molar-refractivity contribution in [2.75, 3.05) is 26.2 Å². The van der Waals surface area contributed by atoms with E-state index in [0.29, 0.717) is 17.5 Å². The number of hydrogen-bond donors (Lipinski definition) is 2. The summed E-state index contributed by atoms with van der Waals surface area (Å²) in [6.07, 6.45) is 4.93. The summed E-state index contributed by atoms with van der Waals surface area (Å²) in [6.45, 7) is 7.00. The molecule has 0 saturated heterocycles. The van der Waals surface area contributed by atoms with E-state index in [2.05, 4.69) is 27.6 Å². The van der Waals surface area contributed by atoms with E-state index in [1.54, 1.807) is 13.0 Å². The molecule has 2 aromatic heterocycles. The van der Waals surface area contributed by atoms with Crippen molar-refractivity contribution in [1.29, 1.82) is 0 Å². The van der Waals surface area contributed by atoms with Gasteiger partial charge in [-0.25, -0.2) is 17.5 Å². The van der Waals surface area contributed by atoms with Crippen LogP contribution in [0.3, 0.4) is 0 Å². The number of nitrogens with one attached hydrogen (secondary N) is 2. The van der Waals surface area contributed by atoms with Crippen molar-refractivity contribution in [1.82, 2.24) is 14.6 Å². The highest BCUT2D eigenvalue weighted by Gasteiger charge is 2.22. The largest absolute Gasteiger partial charge is 0.358 e. The first kappa shape index (κ1) is 25.4. The summed E-state index contributed by atoms with van der Waals surface area (Å²) < 4.78 is 43.0. The van der Waals surface area contributed by atoms with Crippen LogP contribution in [-0.4, -0.2) is 44.5 Å². The monoisotopic (exact) mass is 545 g/mol. The molecule has 0 aliphatic carbocycles. The van der Waals surface area contributed by atoms with Crippen molar-refractivity contribution >= 4 is 59.5 Å². The SMILES string of the molecule is Cc1[nH]c2ccc(Cl)cc2c1C1=CCN(CCCCNS(=O)(=O)c2sc3ccc(F)cc3c2C)CC1. The van der Waals surface area contributed by atoms with Gasteiger partial charge in [0.15, 0.2) is 0 Å². The summed E-state index contributed by atoms with van der Waals surface area (Å²) >= 11 is 7.43. The zero-order valence-corrected chi connectivity index (χ0v) is 22.7. The molecule has 0 radical (unpaired) electrons. The molecule has 2 N–H and O–H groups in total. The number of aromatic amines is 1. The minimum Gasteiger partial charge on any atom is -0.358 e. The third-order valence-corrected chi connectivity index (χ3v) is 10.4. The number of nitrogens with zero attached hydrogens (tertiary/aromatic N) is 1. The highest BCUT2D eigenvalue weighted by atomic mass is 35.5. The number of sulfonamides is 1. The average molecular weight is 546 g/mol. The normalized spacial score (nSPS) is 15.2. The van der Waals surface area contributed by atoms with Gasteiger partial charge in [0.2, 0.25) is 10.0 Å². The highest BCUT2D eigenvalue weighted by Crippen LogP contribution is 2.35. The molecule has 2 aromatic carbocycles. The van der Waals surface area contributed by atoms with E-state index >= 15 is 0 Å². The van der Waals surface area contributed by atoms with Crippen molar-refractivity contribution in [2.24, 2.45) is 0 Å². The van der Waals surface area contributed by atoms with Crippen molar-refractivity contribution in [3.8, 4) is 0 Å². The smallest absolute Gasteiger partial charge is 0.250 e. The molecule has 9 heteroatoms. The van der Waals surface area contributed by atoms with Crippen molar-refractivity contribution in [2.45, 2.75) is 37.3 Å². The molecule has 1 aliphatic rings. The fourth-order valence-electron chi connectivity index (χ4n) is 5.01. The molecule has 0 bridgehead atoms. The van der Waals surface area contributed by atoms with Crippen LogP contribution in [-0.2, 0) is 10.0 Å². The average Bonchev–Trinajstić information content (AvgIpc) is 3.35. The van der Waals surface area contributed by atoms with Gasteiger partial charge in [0, 0.05) is 51.5 Å². The van der Waals surface area contributed by atoms with Gasteiger partial charge in [-0.2, -0.15) is 0 Å². The lowest BCUT2D eigenvalue weighted by atomic mass is 9.96. The maximum atomic E-state index is 13.6. The Morgan fingerprint density at radius 1 is 1.14 bits per heavy atom. The van der Waals surface area contributed by atoms with Crippen LogP contribution in [0.25, 0.3) is 26.6 Å². The second-order valence-electron chi connectivity index (χ2n) is 9.35. The Balaban J connectivity index is 1.13. The first-order valence-corrected chi connectivity index (χ1v) is 14.8. The van der Waals surface area contributed by atoms with Crippen LogP contribution in [0.2, 0.25) is 5.02 Å². The number of thiophene rings is 1. The van der Waals surface area contributed by atoms with Crippen LogP contribution in [0.1, 0.15) is 36.1 Å². The number of aromatic nitrogens is 1. The molecule has 190 valence electrons. The lowest BCUT2D eigenvalue weighted by Crippen LogP contribution is -2.30. The Bertz CT molecular complexity index is 1570.